The number of hydrogen-bond donors (Lipinski definition) is 1. The minimum Gasteiger partial charge on any atom is -0.423 e. The van der Waals surface area contributed by atoms with E-state index >= 15 is 0 Å². The molecule has 1 atom stereocenters. The number of fused-ring (bicyclic) bond motifs is 2. The molecule has 1 aliphatic rings. The van der Waals surface area contributed by atoms with E-state index in [1.165, 1.54) is 16.5 Å². The van der Waals surface area contributed by atoms with Crippen LogP contribution in [0.2, 0.25) is 0 Å². The first-order chi connectivity index (χ1) is 11.6. The van der Waals surface area contributed by atoms with Crippen LogP contribution in [-0.4, -0.2) is 17.5 Å². The zero-order chi connectivity index (χ0) is 16.7. The molecule has 0 bridgehead atoms. The first-order valence-corrected chi connectivity index (χ1v) is 8.67. The van der Waals surface area contributed by atoms with Crippen molar-refractivity contribution in [1.82, 2.24) is 4.90 Å². The van der Waals surface area contributed by atoms with Crippen molar-refractivity contribution >= 4 is 34.0 Å². The Morgan fingerprint density at radius 3 is 3.04 bits per heavy atom. The maximum atomic E-state index is 12.6. The van der Waals surface area contributed by atoms with Gasteiger partial charge >= 0.3 is 11.7 Å². The predicted octanol–water partition coefficient (Wildman–Crippen LogP) is 4.01. The Labute approximate surface area is 142 Å². The Kier molecular flexibility index (Phi) is 3.61. The molecule has 0 aliphatic carbocycles. The van der Waals surface area contributed by atoms with Crippen LogP contribution in [0.4, 0.5) is 10.5 Å². The van der Waals surface area contributed by atoms with E-state index in [9.17, 15) is 9.59 Å². The average Bonchev–Trinajstić information content (AvgIpc) is 3.05. The molecule has 1 aliphatic heterocycles. The number of urea groups is 1. The number of rotatable bonds is 1. The van der Waals surface area contributed by atoms with Crippen LogP contribution < -0.4 is 10.9 Å². The minimum absolute atomic E-state index is 0.0680. The highest BCUT2D eigenvalue weighted by Gasteiger charge is 2.28. The molecule has 1 N–H and O–H groups in total. The molecule has 3 aromatic rings. The average molecular weight is 340 g/mol. The van der Waals surface area contributed by atoms with Gasteiger partial charge in [-0.3, -0.25) is 0 Å². The van der Waals surface area contributed by atoms with Crippen molar-refractivity contribution in [1.29, 1.82) is 0 Å². The van der Waals surface area contributed by atoms with Crippen LogP contribution in [0.15, 0.2) is 51.0 Å². The van der Waals surface area contributed by atoms with Crippen LogP contribution in [0.5, 0.6) is 0 Å². The van der Waals surface area contributed by atoms with Gasteiger partial charge in [0.2, 0.25) is 0 Å². The third-order valence-electron chi connectivity index (χ3n) is 4.41. The van der Waals surface area contributed by atoms with E-state index in [1.807, 2.05) is 4.90 Å². The summed E-state index contributed by atoms with van der Waals surface area (Å²) < 4.78 is 5.11. The van der Waals surface area contributed by atoms with Gasteiger partial charge in [0.25, 0.3) is 0 Å². The normalized spacial score (nSPS) is 16.9. The summed E-state index contributed by atoms with van der Waals surface area (Å²) in [6.07, 6.45) is 0.896. The molecular formula is C18H16N2O3S. The van der Waals surface area contributed by atoms with Crippen molar-refractivity contribution in [3.8, 4) is 0 Å². The first-order valence-electron chi connectivity index (χ1n) is 7.79. The van der Waals surface area contributed by atoms with Gasteiger partial charge in [0.15, 0.2) is 0 Å². The second-order valence-electron chi connectivity index (χ2n) is 5.86. The molecule has 0 fully saturated rings. The first kappa shape index (κ1) is 15.0. The van der Waals surface area contributed by atoms with Crippen LogP contribution in [-0.2, 0) is 6.42 Å². The molecule has 0 saturated carbocycles. The Hall–Kier alpha value is -2.60. The predicted molar refractivity (Wildman–Crippen MR) is 94.6 cm³/mol. The van der Waals surface area contributed by atoms with E-state index in [-0.39, 0.29) is 17.7 Å². The summed E-state index contributed by atoms with van der Waals surface area (Å²) in [6.45, 7) is 2.77. The third kappa shape index (κ3) is 2.59. The zero-order valence-corrected chi connectivity index (χ0v) is 13.9. The van der Waals surface area contributed by atoms with Crippen molar-refractivity contribution in [2.24, 2.45) is 0 Å². The standard InChI is InChI=1S/C18H16N2O3S/c1-11-14-7-9-24-16(14)6-8-20(11)18(22)19-13-3-4-15-12(10-13)2-5-17(21)23-15/h2-5,7,9-11H,6,8H2,1H3,(H,19,22). The topological polar surface area (TPSA) is 62.6 Å². The molecule has 4 rings (SSSR count). The fourth-order valence-electron chi connectivity index (χ4n) is 3.13. The van der Waals surface area contributed by atoms with Gasteiger partial charge in [0.1, 0.15) is 5.58 Å². The Morgan fingerprint density at radius 2 is 2.17 bits per heavy atom. The summed E-state index contributed by atoms with van der Waals surface area (Å²) in [6, 6.07) is 10.4. The van der Waals surface area contributed by atoms with Crippen LogP contribution in [0.25, 0.3) is 11.0 Å². The van der Waals surface area contributed by atoms with Gasteiger partial charge < -0.3 is 14.6 Å². The molecule has 6 heteroatoms. The largest absolute Gasteiger partial charge is 0.423 e. The van der Waals surface area contributed by atoms with Gasteiger partial charge in [0.05, 0.1) is 6.04 Å². The summed E-state index contributed by atoms with van der Waals surface area (Å²) in [4.78, 5) is 27.1. The molecule has 0 saturated heterocycles. The number of carbonyl (C=O) groups is 1. The van der Waals surface area contributed by atoms with Crippen LogP contribution >= 0.6 is 11.3 Å². The minimum atomic E-state index is -0.381. The number of hydrogen-bond acceptors (Lipinski definition) is 4. The van der Waals surface area contributed by atoms with Gasteiger partial charge in [-0.1, -0.05) is 0 Å². The Balaban J connectivity index is 1.56. The van der Waals surface area contributed by atoms with E-state index in [2.05, 4.69) is 23.7 Å². The molecular weight excluding hydrogens is 324 g/mol. The van der Waals surface area contributed by atoms with Crippen molar-refractivity contribution in [2.75, 3.05) is 11.9 Å². The fraction of sp³-hybridized carbons (Fsp3) is 0.222. The molecule has 5 nitrogen and oxygen atoms in total. The van der Waals surface area contributed by atoms with Gasteiger partial charge in [0, 0.05) is 28.6 Å². The molecule has 0 spiro atoms. The number of nitrogens with one attached hydrogen (secondary N) is 1. The van der Waals surface area contributed by atoms with E-state index in [0.717, 1.165) is 11.8 Å². The lowest BCUT2D eigenvalue weighted by Gasteiger charge is -2.33. The van der Waals surface area contributed by atoms with Crippen LogP contribution in [0, 0.1) is 0 Å². The summed E-state index contributed by atoms with van der Waals surface area (Å²) in [5, 5.41) is 5.80. The monoisotopic (exact) mass is 340 g/mol. The highest BCUT2D eigenvalue weighted by Crippen LogP contribution is 2.33. The van der Waals surface area contributed by atoms with Crippen molar-refractivity contribution < 1.29 is 9.21 Å². The van der Waals surface area contributed by atoms with Crippen molar-refractivity contribution in [2.45, 2.75) is 19.4 Å². The van der Waals surface area contributed by atoms with Gasteiger partial charge in [-0.15, -0.1) is 11.3 Å². The van der Waals surface area contributed by atoms with Crippen molar-refractivity contribution in [3.63, 3.8) is 0 Å². The summed E-state index contributed by atoms with van der Waals surface area (Å²) in [5.74, 6) is 0. The van der Waals surface area contributed by atoms with E-state index in [1.54, 1.807) is 35.6 Å². The molecule has 0 radical (unpaired) electrons. The zero-order valence-electron chi connectivity index (χ0n) is 13.1. The van der Waals surface area contributed by atoms with E-state index < -0.39 is 0 Å². The van der Waals surface area contributed by atoms with Gasteiger partial charge in [-0.25, -0.2) is 9.59 Å². The second kappa shape index (κ2) is 5.79. The Morgan fingerprint density at radius 1 is 1.29 bits per heavy atom. The molecule has 1 aromatic carbocycles. The molecule has 3 heterocycles. The molecule has 122 valence electrons. The molecule has 24 heavy (non-hydrogen) atoms. The number of carbonyl (C=O) groups excluding carboxylic acids is 1. The van der Waals surface area contributed by atoms with Crippen LogP contribution in [0.1, 0.15) is 23.4 Å². The number of thiophene rings is 1. The Bertz CT molecular complexity index is 976. The third-order valence-corrected chi connectivity index (χ3v) is 5.41. The van der Waals surface area contributed by atoms with Crippen LogP contribution in [0.3, 0.4) is 0 Å². The number of nitrogens with zero attached hydrogens (tertiary/aromatic N) is 1. The lowest BCUT2D eigenvalue weighted by Crippen LogP contribution is -2.40. The van der Waals surface area contributed by atoms with E-state index in [4.69, 9.17) is 4.42 Å². The maximum absolute atomic E-state index is 12.6. The van der Waals surface area contributed by atoms with Gasteiger partial charge in [-0.2, -0.15) is 0 Å². The highest BCUT2D eigenvalue weighted by molar-refractivity contribution is 7.10. The summed E-state index contributed by atoms with van der Waals surface area (Å²) in [5.41, 5.74) is 2.05. The number of benzene rings is 1. The molecule has 2 aromatic heterocycles. The number of anilines is 1. The molecule has 2 amide bonds. The summed E-state index contributed by atoms with van der Waals surface area (Å²) >= 11 is 1.76. The lowest BCUT2D eigenvalue weighted by molar-refractivity contribution is 0.189. The highest BCUT2D eigenvalue weighted by atomic mass is 32.1. The smallest absolute Gasteiger partial charge is 0.336 e. The maximum Gasteiger partial charge on any atom is 0.336 e. The van der Waals surface area contributed by atoms with Gasteiger partial charge in [-0.05, 0) is 54.6 Å². The second-order valence-corrected chi connectivity index (χ2v) is 6.86. The number of amides is 2. The summed E-state index contributed by atoms with van der Waals surface area (Å²) in [7, 11) is 0. The lowest BCUT2D eigenvalue weighted by atomic mass is 10.0. The quantitative estimate of drug-likeness (QED) is 0.681. The molecule has 1 unspecified atom stereocenters. The fourth-order valence-corrected chi connectivity index (χ4v) is 4.09. The van der Waals surface area contributed by atoms with Crippen molar-refractivity contribution in [3.05, 3.63) is 62.6 Å². The SMILES string of the molecule is CC1c2ccsc2CCN1C(=O)Nc1ccc2oc(=O)ccc2c1. The van der Waals surface area contributed by atoms with E-state index in [0.29, 0.717) is 17.8 Å².